The fourth-order valence-corrected chi connectivity index (χ4v) is 3.24. The van der Waals surface area contributed by atoms with E-state index in [-0.39, 0.29) is 30.6 Å². The Labute approximate surface area is 211 Å². The zero-order valence-corrected chi connectivity index (χ0v) is 20.3. The first-order chi connectivity index (χ1) is 16.4. The fourth-order valence-electron chi connectivity index (χ4n) is 3.24. The number of nitrogens with zero attached hydrogens (tertiary/aromatic N) is 3. The van der Waals surface area contributed by atoms with Crippen LogP contribution in [0.2, 0.25) is 0 Å². The van der Waals surface area contributed by atoms with E-state index in [9.17, 15) is 19.8 Å². The van der Waals surface area contributed by atoms with Crippen LogP contribution in [0, 0.1) is 11.8 Å². The second-order valence-electron chi connectivity index (χ2n) is 7.75. The van der Waals surface area contributed by atoms with Gasteiger partial charge < -0.3 is 26.5 Å². The summed E-state index contributed by atoms with van der Waals surface area (Å²) in [6.07, 6.45) is 7.72. The molecule has 3 rings (SSSR count). The predicted octanol–water partition coefficient (Wildman–Crippen LogP) is 4.11. The molecule has 2 aromatic rings. The van der Waals surface area contributed by atoms with Crippen LogP contribution in [0.4, 0.5) is 23.0 Å². The lowest BCUT2D eigenvalue weighted by atomic mass is 9.76. The quantitative estimate of drug-likeness (QED) is 0.192. The van der Waals surface area contributed by atoms with Crippen LogP contribution in [0.25, 0.3) is 0 Å². The minimum Gasteiger partial charge on any atom is -0.390 e. The lowest BCUT2D eigenvalue weighted by Gasteiger charge is -2.31. The number of nitrogen functional groups attached to an aromatic ring is 2. The smallest absolute Gasteiger partial charge is 0.174 e. The van der Waals surface area contributed by atoms with Crippen molar-refractivity contribution in [1.82, 2.24) is 4.98 Å². The second kappa shape index (κ2) is 15.5. The van der Waals surface area contributed by atoms with E-state index in [1.165, 1.54) is 0 Å². The lowest BCUT2D eigenvalue weighted by molar-refractivity contribution is -0.146. The molecule has 1 saturated carbocycles. The Morgan fingerprint density at radius 2 is 1.80 bits per heavy atom. The Bertz CT molecular complexity index is 1030. The Kier molecular flexibility index (Phi) is 13.1. The first kappa shape index (κ1) is 29.6. The van der Waals surface area contributed by atoms with E-state index in [0.717, 1.165) is 18.5 Å². The van der Waals surface area contributed by atoms with Crippen molar-refractivity contribution in [3.63, 3.8) is 0 Å². The molecule has 1 aromatic carbocycles. The molecule has 9 nitrogen and oxygen atoms in total. The van der Waals surface area contributed by atoms with Gasteiger partial charge in [0.1, 0.15) is 23.9 Å². The van der Waals surface area contributed by atoms with Crippen LogP contribution in [0.3, 0.4) is 0 Å². The minimum absolute atomic E-state index is 0. The van der Waals surface area contributed by atoms with Gasteiger partial charge in [0, 0.05) is 0 Å². The van der Waals surface area contributed by atoms with Gasteiger partial charge in [-0.15, -0.1) is 17.5 Å². The number of halogens is 1. The summed E-state index contributed by atoms with van der Waals surface area (Å²) in [5, 5.41) is 27.0. The largest absolute Gasteiger partial charge is 0.390 e. The van der Waals surface area contributed by atoms with E-state index >= 15 is 0 Å². The number of aldehydes is 1. The third-order valence-corrected chi connectivity index (χ3v) is 5.12. The summed E-state index contributed by atoms with van der Waals surface area (Å²) in [6.45, 7) is 2.08. The molecule has 0 amide bonds. The van der Waals surface area contributed by atoms with E-state index in [0.29, 0.717) is 17.8 Å². The number of allylic oxidation sites excluding steroid dienone is 4. The number of aliphatic hydroxyl groups is 2. The van der Waals surface area contributed by atoms with Crippen molar-refractivity contribution in [2.45, 2.75) is 38.4 Å². The average Bonchev–Trinajstić information content (AvgIpc) is 2.83. The normalized spacial score (nSPS) is 22.1. The molecule has 0 radical (unpaired) electrons. The van der Waals surface area contributed by atoms with Gasteiger partial charge in [-0.1, -0.05) is 55.8 Å². The van der Waals surface area contributed by atoms with E-state index in [2.05, 4.69) is 22.1 Å². The Balaban J connectivity index is 0.000000342. The number of aliphatic hydroxyl groups excluding tert-OH is 2. The number of pyridine rings is 1. The Morgan fingerprint density at radius 3 is 2.43 bits per heavy atom. The SMILES string of the molecule is CCCC=CC=CC1CC(O)C(O)C(=O)C1C=O.Cl.Nc1ccc(N=Nc2ccccc2)c(N)n1. The van der Waals surface area contributed by atoms with Gasteiger partial charge in [-0.3, -0.25) is 4.79 Å². The number of anilines is 2. The summed E-state index contributed by atoms with van der Waals surface area (Å²) in [5.41, 5.74) is 12.4. The van der Waals surface area contributed by atoms with Crippen molar-refractivity contribution in [1.29, 1.82) is 0 Å². The number of Topliss-reactive ketones (excluding diaryl/α,β-unsaturated/α-hetero) is 1. The number of hydrogen-bond acceptors (Lipinski definition) is 9. The molecule has 188 valence electrons. The summed E-state index contributed by atoms with van der Waals surface area (Å²) >= 11 is 0. The van der Waals surface area contributed by atoms with Gasteiger partial charge in [0.25, 0.3) is 0 Å². The zero-order chi connectivity index (χ0) is 24.9. The number of nitrogens with two attached hydrogens (primary N) is 2. The number of hydrogen-bond donors (Lipinski definition) is 4. The molecule has 1 fully saturated rings. The lowest BCUT2D eigenvalue weighted by Crippen LogP contribution is -2.47. The number of benzene rings is 1. The van der Waals surface area contributed by atoms with Crippen LogP contribution < -0.4 is 11.5 Å². The molecule has 0 aliphatic heterocycles. The van der Waals surface area contributed by atoms with Gasteiger partial charge >= 0.3 is 0 Å². The van der Waals surface area contributed by atoms with Crippen LogP contribution in [0.1, 0.15) is 26.2 Å². The van der Waals surface area contributed by atoms with Crippen LogP contribution in [0.15, 0.2) is 77.0 Å². The highest BCUT2D eigenvalue weighted by Crippen LogP contribution is 2.28. The number of ketones is 1. The highest BCUT2D eigenvalue weighted by Gasteiger charge is 2.41. The van der Waals surface area contributed by atoms with Crippen molar-refractivity contribution >= 4 is 47.5 Å². The minimum atomic E-state index is -1.43. The molecule has 35 heavy (non-hydrogen) atoms. The highest BCUT2D eigenvalue weighted by atomic mass is 35.5. The highest BCUT2D eigenvalue weighted by molar-refractivity contribution is 5.97. The summed E-state index contributed by atoms with van der Waals surface area (Å²) in [5.74, 6) is -1.12. The van der Waals surface area contributed by atoms with Gasteiger partial charge in [0.05, 0.1) is 17.7 Å². The van der Waals surface area contributed by atoms with E-state index in [4.69, 9.17) is 11.5 Å². The molecule has 10 heteroatoms. The Morgan fingerprint density at radius 1 is 1.09 bits per heavy atom. The van der Waals surface area contributed by atoms with Crippen LogP contribution in [-0.4, -0.2) is 39.5 Å². The standard InChI is InChI=1S/C14H20O4.C11H11N5.ClH/c1-2-3-4-5-6-7-10-8-12(16)14(18)13(17)11(10)9-15;12-10-7-6-9(11(13)14-10)16-15-8-4-2-1-3-5-8;/h4-7,9-12,14,16,18H,2-3,8H2,1H3;1-7H,(H4,12,13,14);1H. The number of aromatic nitrogens is 1. The van der Waals surface area contributed by atoms with E-state index < -0.39 is 23.9 Å². The first-order valence-corrected chi connectivity index (χ1v) is 11.0. The van der Waals surface area contributed by atoms with Gasteiger partial charge in [0.15, 0.2) is 11.6 Å². The van der Waals surface area contributed by atoms with Gasteiger partial charge in [-0.05, 0) is 43.0 Å². The van der Waals surface area contributed by atoms with Crippen molar-refractivity contribution in [3.05, 3.63) is 66.8 Å². The molecule has 1 heterocycles. The average molecular weight is 502 g/mol. The molecule has 1 aromatic heterocycles. The van der Waals surface area contributed by atoms with Gasteiger partial charge in [0.2, 0.25) is 0 Å². The molecule has 1 aliphatic rings. The maximum Gasteiger partial charge on any atom is 0.174 e. The third kappa shape index (κ3) is 9.40. The number of unbranched alkanes of at least 4 members (excludes halogenated alkanes) is 1. The third-order valence-electron chi connectivity index (χ3n) is 5.12. The number of azo groups is 1. The second-order valence-corrected chi connectivity index (χ2v) is 7.75. The summed E-state index contributed by atoms with van der Waals surface area (Å²) < 4.78 is 0. The summed E-state index contributed by atoms with van der Waals surface area (Å²) in [7, 11) is 0. The zero-order valence-electron chi connectivity index (χ0n) is 19.5. The van der Waals surface area contributed by atoms with Crippen molar-refractivity contribution in [2.75, 3.05) is 11.5 Å². The van der Waals surface area contributed by atoms with Crippen LogP contribution in [0.5, 0.6) is 0 Å². The maximum absolute atomic E-state index is 11.6. The Hall–Kier alpha value is -3.40. The molecule has 4 unspecified atom stereocenters. The van der Waals surface area contributed by atoms with E-state index in [1.807, 2.05) is 42.5 Å². The monoisotopic (exact) mass is 501 g/mol. The maximum atomic E-state index is 11.6. The summed E-state index contributed by atoms with van der Waals surface area (Å²) in [6, 6.07) is 12.7. The number of carbonyl (C=O) groups excluding carboxylic acids is 2. The summed E-state index contributed by atoms with van der Waals surface area (Å²) in [4.78, 5) is 26.4. The van der Waals surface area contributed by atoms with Crippen molar-refractivity contribution in [3.8, 4) is 0 Å². The molecule has 0 spiro atoms. The topological polar surface area (TPSA) is 164 Å². The van der Waals surface area contributed by atoms with Gasteiger partial charge in [-0.2, -0.15) is 5.11 Å². The molecular weight excluding hydrogens is 470 g/mol. The van der Waals surface area contributed by atoms with Gasteiger partial charge in [-0.25, -0.2) is 4.98 Å². The molecule has 1 aliphatic carbocycles. The van der Waals surface area contributed by atoms with Crippen molar-refractivity contribution < 1.29 is 19.8 Å². The molecule has 4 atom stereocenters. The van der Waals surface area contributed by atoms with Crippen LogP contribution in [-0.2, 0) is 9.59 Å². The number of carbonyl (C=O) groups is 2. The number of rotatable bonds is 7. The predicted molar refractivity (Wildman–Crippen MR) is 139 cm³/mol. The van der Waals surface area contributed by atoms with Crippen LogP contribution >= 0.6 is 12.4 Å². The molecule has 0 saturated heterocycles. The fraction of sp³-hybridized carbons (Fsp3) is 0.320. The first-order valence-electron chi connectivity index (χ1n) is 11.0. The van der Waals surface area contributed by atoms with E-state index in [1.54, 1.807) is 24.3 Å². The molecular formula is C25H32ClN5O4. The molecule has 6 N–H and O–H groups in total. The molecule has 0 bridgehead atoms. The van der Waals surface area contributed by atoms with Crippen molar-refractivity contribution in [2.24, 2.45) is 22.1 Å².